The van der Waals surface area contributed by atoms with Crippen LogP contribution in [-0.4, -0.2) is 22.3 Å². The summed E-state index contributed by atoms with van der Waals surface area (Å²) >= 11 is 0. The first-order chi connectivity index (χ1) is 8.40. The molecule has 0 saturated heterocycles. The molecule has 0 amide bonds. The second-order valence-corrected chi connectivity index (χ2v) is 5.04. The van der Waals surface area contributed by atoms with E-state index in [1.165, 1.54) is 25.7 Å². The monoisotopic (exact) mass is 233 g/mol. The van der Waals surface area contributed by atoms with Crippen molar-refractivity contribution in [2.24, 2.45) is 0 Å². The third kappa shape index (κ3) is 3.16. The third-order valence-electron chi connectivity index (χ3n) is 3.43. The van der Waals surface area contributed by atoms with E-state index in [1.54, 1.807) is 0 Å². The smallest absolute Gasteiger partial charge is 0.233 e. The van der Waals surface area contributed by atoms with Crippen LogP contribution < -0.4 is 10.1 Å². The average Bonchev–Trinajstić information content (AvgIpc) is 3.05. The van der Waals surface area contributed by atoms with Crippen LogP contribution in [0, 0.1) is 0 Å². The number of nitrogens with zero attached hydrogens (tertiary/aromatic N) is 2. The van der Waals surface area contributed by atoms with Crippen LogP contribution in [-0.2, 0) is 6.54 Å². The quantitative estimate of drug-likeness (QED) is 0.845. The Morgan fingerprint density at radius 1 is 1.12 bits per heavy atom. The van der Waals surface area contributed by atoms with Crippen molar-refractivity contribution >= 4 is 0 Å². The fourth-order valence-electron chi connectivity index (χ4n) is 2.22. The molecule has 0 aliphatic heterocycles. The van der Waals surface area contributed by atoms with Gasteiger partial charge in [0, 0.05) is 18.7 Å². The van der Waals surface area contributed by atoms with Crippen molar-refractivity contribution in [1.82, 2.24) is 15.5 Å². The van der Waals surface area contributed by atoms with Gasteiger partial charge < -0.3 is 10.1 Å². The molecule has 1 heterocycles. The van der Waals surface area contributed by atoms with E-state index in [4.69, 9.17) is 4.74 Å². The molecule has 2 saturated carbocycles. The Morgan fingerprint density at radius 3 is 2.59 bits per heavy atom. The molecule has 17 heavy (non-hydrogen) atoms. The maximum absolute atomic E-state index is 5.77. The summed E-state index contributed by atoms with van der Waals surface area (Å²) in [5.74, 6) is 0.673. The fourth-order valence-corrected chi connectivity index (χ4v) is 2.22. The first kappa shape index (κ1) is 11.0. The van der Waals surface area contributed by atoms with E-state index in [-0.39, 0.29) is 0 Å². The molecule has 1 N–H and O–H groups in total. The maximum atomic E-state index is 5.77. The van der Waals surface area contributed by atoms with Gasteiger partial charge in [0.2, 0.25) is 5.88 Å². The lowest BCUT2D eigenvalue weighted by Crippen LogP contribution is -2.17. The number of hydrogen-bond acceptors (Lipinski definition) is 4. The van der Waals surface area contributed by atoms with Crippen LogP contribution in [0.15, 0.2) is 12.1 Å². The third-order valence-corrected chi connectivity index (χ3v) is 3.43. The van der Waals surface area contributed by atoms with Gasteiger partial charge in [-0.25, -0.2) is 0 Å². The van der Waals surface area contributed by atoms with Crippen LogP contribution in [0.25, 0.3) is 0 Å². The maximum Gasteiger partial charge on any atom is 0.233 e. The molecule has 0 atom stereocenters. The Balaban J connectivity index is 1.51. The minimum absolute atomic E-state index is 0.361. The molecule has 0 aromatic carbocycles. The second kappa shape index (κ2) is 5.00. The predicted octanol–water partition coefficient (Wildman–Crippen LogP) is 2.05. The summed E-state index contributed by atoms with van der Waals surface area (Å²) in [6.45, 7) is 0.821. The van der Waals surface area contributed by atoms with E-state index in [0.717, 1.165) is 25.1 Å². The topological polar surface area (TPSA) is 47.0 Å². The Morgan fingerprint density at radius 2 is 1.94 bits per heavy atom. The van der Waals surface area contributed by atoms with Gasteiger partial charge in [0.05, 0.1) is 5.69 Å². The van der Waals surface area contributed by atoms with Crippen molar-refractivity contribution in [2.45, 2.75) is 57.2 Å². The van der Waals surface area contributed by atoms with Gasteiger partial charge in [0.15, 0.2) is 0 Å². The summed E-state index contributed by atoms with van der Waals surface area (Å²) in [5, 5.41) is 11.7. The first-order valence-electron chi connectivity index (χ1n) is 6.63. The molecule has 0 radical (unpaired) electrons. The van der Waals surface area contributed by atoms with Gasteiger partial charge in [0.1, 0.15) is 6.10 Å². The molecule has 1 aromatic rings. The highest BCUT2D eigenvalue weighted by atomic mass is 16.5. The zero-order valence-corrected chi connectivity index (χ0v) is 10.1. The lowest BCUT2D eigenvalue weighted by atomic mass is 10.3. The summed E-state index contributed by atoms with van der Waals surface area (Å²) in [4.78, 5) is 0. The van der Waals surface area contributed by atoms with E-state index in [9.17, 15) is 0 Å². The van der Waals surface area contributed by atoms with E-state index >= 15 is 0 Å². The molecular formula is C13H19N3O. The van der Waals surface area contributed by atoms with Crippen molar-refractivity contribution < 1.29 is 4.74 Å². The molecule has 92 valence electrons. The molecule has 0 unspecified atom stereocenters. The number of ether oxygens (including phenoxy) is 1. The fraction of sp³-hybridized carbons (Fsp3) is 0.692. The molecule has 2 aliphatic carbocycles. The van der Waals surface area contributed by atoms with Crippen LogP contribution in [0.1, 0.15) is 44.2 Å². The molecule has 4 heteroatoms. The summed E-state index contributed by atoms with van der Waals surface area (Å²) in [5.41, 5.74) is 0.996. The molecule has 0 spiro atoms. The van der Waals surface area contributed by atoms with E-state index in [0.29, 0.717) is 18.0 Å². The number of rotatable bonds is 5. The normalized spacial score (nSPS) is 20.7. The number of hydrogen-bond donors (Lipinski definition) is 1. The van der Waals surface area contributed by atoms with Gasteiger partial charge >= 0.3 is 0 Å². The second-order valence-electron chi connectivity index (χ2n) is 5.04. The summed E-state index contributed by atoms with van der Waals surface area (Å²) < 4.78 is 5.77. The predicted molar refractivity (Wildman–Crippen MR) is 64.8 cm³/mol. The molecular weight excluding hydrogens is 214 g/mol. The van der Waals surface area contributed by atoms with Gasteiger partial charge in [-0.05, 0) is 44.6 Å². The lowest BCUT2D eigenvalue weighted by Gasteiger charge is -2.11. The van der Waals surface area contributed by atoms with Gasteiger partial charge in [-0.1, -0.05) is 0 Å². The highest BCUT2D eigenvalue weighted by molar-refractivity contribution is 5.12. The molecule has 4 nitrogen and oxygen atoms in total. The first-order valence-corrected chi connectivity index (χ1v) is 6.63. The molecule has 0 bridgehead atoms. The Bertz CT molecular complexity index is 355. The van der Waals surface area contributed by atoms with Gasteiger partial charge in [-0.2, -0.15) is 5.10 Å². The van der Waals surface area contributed by atoms with Crippen molar-refractivity contribution in [2.75, 3.05) is 0 Å². The van der Waals surface area contributed by atoms with Crippen LogP contribution in [0.3, 0.4) is 0 Å². The number of aromatic nitrogens is 2. The molecule has 1 aromatic heterocycles. The summed E-state index contributed by atoms with van der Waals surface area (Å²) in [7, 11) is 0. The van der Waals surface area contributed by atoms with Gasteiger partial charge in [-0.3, -0.25) is 0 Å². The molecule has 3 rings (SSSR count). The van der Waals surface area contributed by atoms with Crippen LogP contribution >= 0.6 is 0 Å². The van der Waals surface area contributed by atoms with Crippen molar-refractivity contribution in [3.05, 3.63) is 17.8 Å². The van der Waals surface area contributed by atoms with E-state index < -0.39 is 0 Å². The van der Waals surface area contributed by atoms with E-state index in [2.05, 4.69) is 15.5 Å². The Labute approximate surface area is 102 Å². The number of nitrogens with one attached hydrogen (secondary N) is 1. The minimum Gasteiger partial charge on any atom is -0.473 e. The Kier molecular flexibility index (Phi) is 3.22. The minimum atomic E-state index is 0.361. The standard InChI is InChI=1S/C13H19N3O/c1-2-4-12(3-1)17-13-8-7-11(15-16-13)9-14-10-5-6-10/h7-8,10,12,14H,1-6,9H2. The van der Waals surface area contributed by atoms with Crippen LogP contribution in [0.4, 0.5) is 0 Å². The summed E-state index contributed by atoms with van der Waals surface area (Å²) in [6, 6.07) is 4.66. The SMILES string of the molecule is c1cc(OC2CCCC2)nnc1CNC1CC1. The Hall–Kier alpha value is -1.16. The van der Waals surface area contributed by atoms with E-state index in [1.807, 2.05) is 12.1 Å². The average molecular weight is 233 g/mol. The molecule has 2 fully saturated rings. The van der Waals surface area contributed by atoms with Crippen molar-refractivity contribution in [1.29, 1.82) is 0 Å². The van der Waals surface area contributed by atoms with Gasteiger partial charge in [0.25, 0.3) is 0 Å². The zero-order chi connectivity index (χ0) is 11.5. The highest BCUT2D eigenvalue weighted by Crippen LogP contribution is 2.22. The van der Waals surface area contributed by atoms with Crippen molar-refractivity contribution in [3.8, 4) is 5.88 Å². The van der Waals surface area contributed by atoms with Gasteiger partial charge in [-0.15, -0.1) is 5.10 Å². The van der Waals surface area contributed by atoms with Crippen LogP contribution in [0.2, 0.25) is 0 Å². The largest absolute Gasteiger partial charge is 0.473 e. The van der Waals surface area contributed by atoms with Crippen LogP contribution in [0.5, 0.6) is 5.88 Å². The lowest BCUT2D eigenvalue weighted by molar-refractivity contribution is 0.199. The highest BCUT2D eigenvalue weighted by Gasteiger charge is 2.20. The molecule has 2 aliphatic rings. The summed E-state index contributed by atoms with van der Waals surface area (Å²) in [6.07, 6.45) is 7.84. The van der Waals surface area contributed by atoms with Crippen molar-refractivity contribution in [3.63, 3.8) is 0 Å². The zero-order valence-electron chi connectivity index (χ0n) is 10.1.